The van der Waals surface area contributed by atoms with Gasteiger partial charge in [0, 0.05) is 13.2 Å². The topological polar surface area (TPSA) is 32.3 Å². The molecule has 0 aliphatic carbocycles. The highest BCUT2D eigenvalue weighted by Crippen LogP contribution is 2.14. The highest BCUT2D eigenvalue weighted by atomic mass is 16.2. The third-order valence-electron chi connectivity index (χ3n) is 2.74. The van der Waals surface area contributed by atoms with E-state index < -0.39 is 0 Å². The lowest BCUT2D eigenvalue weighted by Crippen LogP contribution is -2.14. The van der Waals surface area contributed by atoms with Crippen molar-refractivity contribution in [2.45, 2.75) is 39.2 Å². The summed E-state index contributed by atoms with van der Waals surface area (Å²) >= 11 is 0. The van der Waals surface area contributed by atoms with Gasteiger partial charge in [0.25, 0.3) is 0 Å². The van der Waals surface area contributed by atoms with Crippen LogP contribution in [0.25, 0.3) is 0 Å². The van der Waals surface area contributed by atoms with Gasteiger partial charge in [0.05, 0.1) is 0 Å². The highest BCUT2D eigenvalue weighted by Gasteiger charge is 1.98. The monoisotopic (exact) mass is 221 g/mol. The Bertz CT molecular complexity index is 279. The predicted octanol–water partition coefficient (Wildman–Crippen LogP) is 2.67. The van der Waals surface area contributed by atoms with Crippen LogP contribution in [0.1, 0.15) is 43.7 Å². The van der Waals surface area contributed by atoms with Crippen LogP contribution in [0.15, 0.2) is 24.3 Å². The molecule has 0 aromatic heterocycles. The van der Waals surface area contributed by atoms with Crippen molar-refractivity contribution in [1.82, 2.24) is 5.32 Å². The van der Waals surface area contributed by atoms with Crippen LogP contribution in [0.2, 0.25) is 0 Å². The SMILES string of the molecule is CC(C)c1ccc(CNCCCCO)cc1. The third-order valence-corrected chi connectivity index (χ3v) is 2.74. The molecule has 0 saturated carbocycles. The summed E-state index contributed by atoms with van der Waals surface area (Å²) in [5.74, 6) is 0.603. The Morgan fingerprint density at radius 3 is 2.38 bits per heavy atom. The van der Waals surface area contributed by atoms with E-state index in [0.29, 0.717) is 12.5 Å². The molecule has 1 aromatic carbocycles. The predicted molar refractivity (Wildman–Crippen MR) is 68.6 cm³/mol. The molecule has 0 saturated heterocycles. The largest absolute Gasteiger partial charge is 0.396 e. The van der Waals surface area contributed by atoms with E-state index in [1.54, 1.807) is 0 Å². The fourth-order valence-electron chi connectivity index (χ4n) is 1.61. The van der Waals surface area contributed by atoms with Gasteiger partial charge in [0.2, 0.25) is 0 Å². The van der Waals surface area contributed by atoms with Gasteiger partial charge in [0.15, 0.2) is 0 Å². The fourth-order valence-corrected chi connectivity index (χ4v) is 1.61. The van der Waals surface area contributed by atoms with Gasteiger partial charge >= 0.3 is 0 Å². The summed E-state index contributed by atoms with van der Waals surface area (Å²) in [5.41, 5.74) is 2.72. The molecular weight excluding hydrogens is 198 g/mol. The van der Waals surface area contributed by atoms with Gasteiger partial charge in [-0.05, 0) is 36.4 Å². The second-order valence-corrected chi connectivity index (χ2v) is 4.50. The Hall–Kier alpha value is -0.860. The van der Waals surface area contributed by atoms with Crippen molar-refractivity contribution in [3.05, 3.63) is 35.4 Å². The van der Waals surface area contributed by atoms with Gasteiger partial charge in [-0.2, -0.15) is 0 Å². The van der Waals surface area contributed by atoms with Crippen molar-refractivity contribution in [3.8, 4) is 0 Å². The number of aliphatic hydroxyl groups is 1. The van der Waals surface area contributed by atoms with Crippen LogP contribution in [0.5, 0.6) is 0 Å². The maximum absolute atomic E-state index is 8.64. The molecule has 1 rings (SSSR count). The average molecular weight is 221 g/mol. The van der Waals surface area contributed by atoms with Crippen LogP contribution in [-0.4, -0.2) is 18.3 Å². The summed E-state index contributed by atoms with van der Waals surface area (Å²) < 4.78 is 0. The van der Waals surface area contributed by atoms with Crippen LogP contribution in [-0.2, 0) is 6.54 Å². The molecule has 0 atom stereocenters. The minimum atomic E-state index is 0.296. The smallest absolute Gasteiger partial charge is 0.0431 e. The molecule has 0 aliphatic rings. The lowest BCUT2D eigenvalue weighted by Gasteiger charge is -2.07. The Kier molecular flexibility index (Phi) is 6.12. The van der Waals surface area contributed by atoms with Crippen molar-refractivity contribution >= 4 is 0 Å². The quantitative estimate of drug-likeness (QED) is 0.694. The second kappa shape index (κ2) is 7.42. The first kappa shape index (κ1) is 13.2. The number of hydrogen-bond donors (Lipinski definition) is 2. The van der Waals surface area contributed by atoms with Gasteiger partial charge in [0.1, 0.15) is 0 Å². The van der Waals surface area contributed by atoms with Crippen molar-refractivity contribution in [2.24, 2.45) is 0 Å². The van der Waals surface area contributed by atoms with Crippen LogP contribution < -0.4 is 5.32 Å². The van der Waals surface area contributed by atoms with E-state index in [-0.39, 0.29) is 0 Å². The molecule has 0 unspecified atom stereocenters. The number of benzene rings is 1. The summed E-state index contributed by atoms with van der Waals surface area (Å²) in [4.78, 5) is 0. The van der Waals surface area contributed by atoms with E-state index >= 15 is 0 Å². The normalized spacial score (nSPS) is 11.0. The molecule has 0 fully saturated rings. The number of aliphatic hydroxyl groups excluding tert-OH is 1. The summed E-state index contributed by atoms with van der Waals surface area (Å²) in [6.45, 7) is 6.62. The van der Waals surface area contributed by atoms with Crippen LogP contribution in [0.4, 0.5) is 0 Å². The molecule has 0 heterocycles. The minimum absolute atomic E-state index is 0.296. The molecule has 2 N–H and O–H groups in total. The summed E-state index contributed by atoms with van der Waals surface area (Å²) in [5, 5.41) is 12.0. The molecule has 0 aliphatic heterocycles. The number of hydrogen-bond acceptors (Lipinski definition) is 2. The van der Waals surface area contributed by atoms with E-state index in [1.165, 1.54) is 11.1 Å². The van der Waals surface area contributed by atoms with Crippen LogP contribution >= 0.6 is 0 Å². The third kappa shape index (κ3) is 4.77. The lowest BCUT2D eigenvalue weighted by molar-refractivity contribution is 0.283. The molecule has 2 heteroatoms. The molecule has 0 bridgehead atoms. The zero-order valence-electron chi connectivity index (χ0n) is 10.4. The van der Waals surface area contributed by atoms with E-state index in [2.05, 4.69) is 43.4 Å². The van der Waals surface area contributed by atoms with Crippen molar-refractivity contribution < 1.29 is 5.11 Å². The summed E-state index contributed by atoms with van der Waals surface area (Å²) in [6, 6.07) is 8.79. The van der Waals surface area contributed by atoms with Crippen LogP contribution in [0, 0.1) is 0 Å². The first-order valence-electron chi connectivity index (χ1n) is 6.14. The van der Waals surface area contributed by atoms with Gasteiger partial charge < -0.3 is 10.4 Å². The van der Waals surface area contributed by atoms with E-state index in [0.717, 1.165) is 25.9 Å². The standard InChI is InChI=1S/C14H23NO/c1-12(2)14-7-5-13(6-8-14)11-15-9-3-4-10-16/h5-8,12,15-16H,3-4,9-11H2,1-2H3. The first-order valence-corrected chi connectivity index (χ1v) is 6.14. The van der Waals surface area contributed by atoms with E-state index in [9.17, 15) is 0 Å². The molecule has 2 nitrogen and oxygen atoms in total. The summed E-state index contributed by atoms with van der Waals surface area (Å²) in [7, 11) is 0. The van der Waals surface area contributed by atoms with Gasteiger partial charge in [-0.3, -0.25) is 0 Å². The Balaban J connectivity index is 2.27. The maximum Gasteiger partial charge on any atom is 0.0431 e. The molecule has 0 amide bonds. The zero-order valence-corrected chi connectivity index (χ0v) is 10.4. The molecular formula is C14H23NO. The van der Waals surface area contributed by atoms with Crippen molar-refractivity contribution in [1.29, 1.82) is 0 Å². The summed E-state index contributed by atoms with van der Waals surface area (Å²) in [6.07, 6.45) is 1.93. The Labute approximate surface area is 98.7 Å². The van der Waals surface area contributed by atoms with Gasteiger partial charge in [-0.15, -0.1) is 0 Å². The molecule has 90 valence electrons. The molecule has 1 aromatic rings. The van der Waals surface area contributed by atoms with Crippen molar-refractivity contribution in [3.63, 3.8) is 0 Å². The van der Waals surface area contributed by atoms with Crippen molar-refractivity contribution in [2.75, 3.05) is 13.2 Å². The highest BCUT2D eigenvalue weighted by molar-refractivity contribution is 5.24. The lowest BCUT2D eigenvalue weighted by atomic mass is 10.0. The number of unbranched alkanes of at least 4 members (excludes halogenated alkanes) is 1. The second-order valence-electron chi connectivity index (χ2n) is 4.50. The molecule has 0 spiro atoms. The fraction of sp³-hybridized carbons (Fsp3) is 0.571. The Morgan fingerprint density at radius 1 is 1.12 bits per heavy atom. The van der Waals surface area contributed by atoms with E-state index in [1.807, 2.05) is 0 Å². The maximum atomic E-state index is 8.64. The molecule has 0 radical (unpaired) electrons. The number of nitrogens with one attached hydrogen (secondary N) is 1. The minimum Gasteiger partial charge on any atom is -0.396 e. The average Bonchev–Trinajstić information content (AvgIpc) is 2.29. The van der Waals surface area contributed by atoms with E-state index in [4.69, 9.17) is 5.11 Å². The molecule has 16 heavy (non-hydrogen) atoms. The van der Waals surface area contributed by atoms with Gasteiger partial charge in [-0.1, -0.05) is 38.1 Å². The first-order chi connectivity index (χ1) is 7.74. The zero-order chi connectivity index (χ0) is 11.8. The number of rotatable bonds is 7. The Morgan fingerprint density at radius 2 is 1.81 bits per heavy atom. The van der Waals surface area contributed by atoms with Gasteiger partial charge in [-0.25, -0.2) is 0 Å². The van der Waals surface area contributed by atoms with Crippen LogP contribution in [0.3, 0.4) is 0 Å².